The van der Waals surface area contributed by atoms with Crippen molar-refractivity contribution in [1.29, 1.82) is 0 Å². The molecular formula is C23H29NO4. The predicted octanol–water partition coefficient (Wildman–Crippen LogP) is 3.48. The summed E-state index contributed by atoms with van der Waals surface area (Å²) >= 11 is 0. The maximum Gasteiger partial charge on any atom is 0.119 e. The number of nitrogens with zero attached hydrogens (tertiary/aromatic N) is 1. The third kappa shape index (κ3) is 4.17. The second-order valence-corrected chi connectivity index (χ2v) is 7.70. The van der Waals surface area contributed by atoms with Crippen LogP contribution >= 0.6 is 0 Å². The van der Waals surface area contributed by atoms with Gasteiger partial charge in [0.05, 0.1) is 18.8 Å². The van der Waals surface area contributed by atoms with E-state index in [9.17, 15) is 5.11 Å². The molecule has 1 saturated heterocycles. The zero-order valence-corrected chi connectivity index (χ0v) is 16.5. The fraction of sp³-hybridized carbons (Fsp3) is 0.478. The van der Waals surface area contributed by atoms with Crippen LogP contribution in [0, 0.1) is 0 Å². The van der Waals surface area contributed by atoms with Gasteiger partial charge >= 0.3 is 0 Å². The Labute approximate surface area is 166 Å². The zero-order valence-electron chi connectivity index (χ0n) is 16.5. The Morgan fingerprint density at radius 1 is 1.11 bits per heavy atom. The number of phenols is 1. The molecule has 0 amide bonds. The van der Waals surface area contributed by atoms with E-state index in [0.29, 0.717) is 19.0 Å². The highest BCUT2D eigenvalue weighted by Crippen LogP contribution is 2.42. The summed E-state index contributed by atoms with van der Waals surface area (Å²) in [6, 6.07) is 14.0. The van der Waals surface area contributed by atoms with Crippen molar-refractivity contribution in [1.82, 2.24) is 4.90 Å². The Kier molecular flexibility index (Phi) is 5.85. The molecule has 1 spiro atoms. The highest BCUT2D eigenvalue weighted by Gasteiger charge is 2.40. The van der Waals surface area contributed by atoms with Gasteiger partial charge in [0.2, 0.25) is 0 Å². The molecule has 5 nitrogen and oxygen atoms in total. The molecule has 0 radical (unpaired) electrons. The van der Waals surface area contributed by atoms with Crippen LogP contribution in [-0.4, -0.2) is 50.0 Å². The molecule has 2 aliphatic rings. The number of likely N-dealkylation sites (tertiary alicyclic amines) is 1. The van der Waals surface area contributed by atoms with Crippen molar-refractivity contribution < 1.29 is 19.3 Å². The van der Waals surface area contributed by atoms with Crippen molar-refractivity contribution in [3.05, 3.63) is 59.2 Å². The molecule has 0 atom stereocenters. The van der Waals surface area contributed by atoms with Gasteiger partial charge in [0.15, 0.2) is 0 Å². The largest absolute Gasteiger partial charge is 0.508 e. The molecule has 2 aromatic rings. The maximum atomic E-state index is 9.69. The number of hydrogen-bond acceptors (Lipinski definition) is 5. The molecule has 28 heavy (non-hydrogen) atoms. The molecule has 150 valence electrons. The Hall–Kier alpha value is -2.08. The van der Waals surface area contributed by atoms with Gasteiger partial charge in [-0.1, -0.05) is 18.2 Å². The maximum absolute atomic E-state index is 9.69. The van der Waals surface area contributed by atoms with Crippen LogP contribution in [0.2, 0.25) is 0 Å². The van der Waals surface area contributed by atoms with E-state index in [0.717, 1.165) is 56.8 Å². The number of aromatic hydroxyl groups is 1. The van der Waals surface area contributed by atoms with Crippen LogP contribution in [0.3, 0.4) is 0 Å². The lowest BCUT2D eigenvalue weighted by molar-refractivity contribution is -0.0989. The summed E-state index contributed by atoms with van der Waals surface area (Å²) in [5, 5.41) is 9.69. The number of methoxy groups -OCH3 is 1. The van der Waals surface area contributed by atoms with E-state index in [-0.39, 0.29) is 5.60 Å². The van der Waals surface area contributed by atoms with Gasteiger partial charge in [0, 0.05) is 26.7 Å². The highest BCUT2D eigenvalue weighted by atomic mass is 16.5. The summed E-state index contributed by atoms with van der Waals surface area (Å²) in [5.41, 5.74) is 3.66. The van der Waals surface area contributed by atoms with E-state index in [1.165, 1.54) is 11.1 Å². The van der Waals surface area contributed by atoms with Crippen LogP contribution in [0.25, 0.3) is 0 Å². The van der Waals surface area contributed by atoms with Crippen molar-refractivity contribution >= 4 is 0 Å². The minimum absolute atomic E-state index is 0.173. The lowest BCUT2D eigenvalue weighted by atomic mass is 9.79. The minimum atomic E-state index is -0.173. The number of hydrogen-bond donors (Lipinski definition) is 1. The molecule has 0 unspecified atom stereocenters. The summed E-state index contributed by atoms with van der Waals surface area (Å²) in [6.07, 6.45) is 2.91. The Morgan fingerprint density at radius 3 is 2.75 bits per heavy atom. The second kappa shape index (κ2) is 8.52. The fourth-order valence-electron chi connectivity index (χ4n) is 4.39. The highest BCUT2D eigenvalue weighted by molar-refractivity contribution is 5.41. The van der Waals surface area contributed by atoms with Gasteiger partial charge in [-0.25, -0.2) is 0 Å². The minimum Gasteiger partial charge on any atom is -0.508 e. The third-order valence-electron chi connectivity index (χ3n) is 5.85. The number of rotatable bonds is 6. The van der Waals surface area contributed by atoms with Crippen molar-refractivity contribution in [2.45, 2.75) is 31.4 Å². The first-order valence-corrected chi connectivity index (χ1v) is 10.1. The van der Waals surface area contributed by atoms with E-state index < -0.39 is 0 Å². The van der Waals surface area contributed by atoms with Gasteiger partial charge in [-0.3, -0.25) is 4.90 Å². The molecule has 0 bridgehead atoms. The topological polar surface area (TPSA) is 51.2 Å². The summed E-state index contributed by atoms with van der Waals surface area (Å²) in [6.45, 7) is 4.77. The Bertz CT molecular complexity index is 799. The summed E-state index contributed by atoms with van der Waals surface area (Å²) in [4.78, 5) is 2.44. The standard InChI is InChI=1S/C23H29NO4/c1-26-13-14-27-21-5-6-22-19(16-21)7-12-28-23(22)8-10-24(11-9-23)17-18-3-2-4-20(25)15-18/h2-6,15-16,25H,7-14,17H2,1H3. The average molecular weight is 383 g/mol. The van der Waals surface area contributed by atoms with Gasteiger partial charge in [-0.2, -0.15) is 0 Å². The molecule has 5 heteroatoms. The lowest BCUT2D eigenvalue weighted by Gasteiger charge is -2.45. The monoisotopic (exact) mass is 383 g/mol. The van der Waals surface area contributed by atoms with Gasteiger partial charge in [-0.15, -0.1) is 0 Å². The van der Waals surface area contributed by atoms with Gasteiger partial charge in [-0.05, 0) is 60.2 Å². The molecule has 1 N–H and O–H groups in total. The number of phenolic OH excluding ortho intramolecular Hbond substituents is 1. The van der Waals surface area contributed by atoms with Gasteiger partial charge < -0.3 is 19.3 Å². The molecule has 0 saturated carbocycles. The summed E-state index contributed by atoms with van der Waals surface area (Å²) in [7, 11) is 1.68. The molecular weight excluding hydrogens is 354 g/mol. The van der Waals surface area contributed by atoms with Crippen LogP contribution in [0.15, 0.2) is 42.5 Å². The molecule has 2 aliphatic heterocycles. The van der Waals surface area contributed by atoms with E-state index in [1.54, 1.807) is 13.2 Å². The fourth-order valence-corrected chi connectivity index (χ4v) is 4.39. The van der Waals surface area contributed by atoms with E-state index >= 15 is 0 Å². The molecule has 0 aliphatic carbocycles. The SMILES string of the molecule is COCCOc1ccc2c(c1)CCOC21CCN(Cc2cccc(O)c2)CC1. The van der Waals surface area contributed by atoms with Gasteiger partial charge in [0.1, 0.15) is 18.1 Å². The summed E-state index contributed by atoms with van der Waals surface area (Å²) < 4.78 is 17.2. The molecule has 2 aromatic carbocycles. The molecule has 1 fully saturated rings. The lowest BCUT2D eigenvalue weighted by Crippen LogP contribution is -2.46. The second-order valence-electron chi connectivity index (χ2n) is 7.70. The first kappa shape index (κ1) is 19.2. The normalized spacial score (nSPS) is 18.8. The molecule has 4 rings (SSSR count). The van der Waals surface area contributed by atoms with Crippen LogP contribution in [-0.2, 0) is 28.0 Å². The predicted molar refractivity (Wildman–Crippen MR) is 108 cm³/mol. The van der Waals surface area contributed by atoms with Crippen LogP contribution in [0.4, 0.5) is 0 Å². The summed E-state index contributed by atoms with van der Waals surface area (Å²) in [5.74, 6) is 1.24. The average Bonchev–Trinajstić information content (AvgIpc) is 2.70. The number of ether oxygens (including phenoxy) is 3. The van der Waals surface area contributed by atoms with Crippen LogP contribution in [0.5, 0.6) is 11.5 Å². The smallest absolute Gasteiger partial charge is 0.119 e. The van der Waals surface area contributed by atoms with Gasteiger partial charge in [0.25, 0.3) is 0 Å². The quantitative estimate of drug-likeness (QED) is 0.774. The van der Waals surface area contributed by atoms with Crippen molar-refractivity contribution in [2.75, 3.05) is 40.0 Å². The first-order valence-electron chi connectivity index (χ1n) is 10.1. The third-order valence-corrected chi connectivity index (χ3v) is 5.85. The Morgan fingerprint density at radius 2 is 1.96 bits per heavy atom. The zero-order chi connectivity index (χ0) is 19.4. The van der Waals surface area contributed by atoms with Crippen LogP contribution < -0.4 is 4.74 Å². The number of piperidine rings is 1. The Balaban J connectivity index is 1.43. The van der Waals surface area contributed by atoms with Crippen LogP contribution in [0.1, 0.15) is 29.5 Å². The number of fused-ring (bicyclic) bond motifs is 2. The molecule has 2 heterocycles. The molecule has 0 aromatic heterocycles. The van der Waals surface area contributed by atoms with E-state index in [2.05, 4.69) is 29.2 Å². The first-order chi connectivity index (χ1) is 13.7. The van der Waals surface area contributed by atoms with Crippen molar-refractivity contribution in [3.8, 4) is 11.5 Å². The number of benzene rings is 2. The van der Waals surface area contributed by atoms with E-state index in [1.807, 2.05) is 12.1 Å². The van der Waals surface area contributed by atoms with Crippen molar-refractivity contribution in [2.24, 2.45) is 0 Å². The van der Waals surface area contributed by atoms with Crippen molar-refractivity contribution in [3.63, 3.8) is 0 Å². The van der Waals surface area contributed by atoms with E-state index in [4.69, 9.17) is 14.2 Å².